The first-order chi connectivity index (χ1) is 10.3. The highest BCUT2D eigenvalue weighted by atomic mass is 16.5. The Balaban J connectivity index is 2.32. The first kappa shape index (κ1) is 15.7. The summed E-state index contributed by atoms with van der Waals surface area (Å²) in [5.41, 5.74) is 2.03. The summed E-state index contributed by atoms with van der Waals surface area (Å²) in [7, 11) is 1.95. The van der Waals surface area contributed by atoms with E-state index in [9.17, 15) is 0 Å². The normalized spacial score (nSPS) is 14.0. The number of aromatic nitrogens is 3. The summed E-state index contributed by atoms with van der Waals surface area (Å²) in [5, 5.41) is 11.7. The molecule has 0 aliphatic carbocycles. The summed E-state index contributed by atoms with van der Waals surface area (Å²) in [6.45, 7) is 4.91. The van der Waals surface area contributed by atoms with Crippen LogP contribution in [0.4, 0.5) is 0 Å². The lowest BCUT2D eigenvalue weighted by Gasteiger charge is -2.26. The van der Waals surface area contributed by atoms with Crippen molar-refractivity contribution in [1.29, 1.82) is 0 Å². The fraction of sp³-hybridized carbons (Fsp3) is 0.500. The van der Waals surface area contributed by atoms with E-state index in [1.807, 2.05) is 55.2 Å². The molecule has 0 radical (unpaired) electrons. The van der Waals surface area contributed by atoms with Crippen molar-refractivity contribution in [2.45, 2.75) is 38.8 Å². The van der Waals surface area contributed by atoms with E-state index in [4.69, 9.17) is 4.74 Å². The number of nitrogens with zero attached hydrogens (tertiary/aromatic N) is 3. The Kier molecular flexibility index (Phi) is 5.90. The van der Waals surface area contributed by atoms with Gasteiger partial charge < -0.3 is 10.1 Å². The number of hydrogen-bond donors (Lipinski definition) is 1. The molecule has 1 N–H and O–H groups in total. The van der Waals surface area contributed by atoms with Gasteiger partial charge in [0.15, 0.2) is 0 Å². The van der Waals surface area contributed by atoms with Crippen LogP contribution in [0.2, 0.25) is 0 Å². The predicted octanol–water partition coefficient (Wildman–Crippen LogP) is 2.73. The molecule has 2 unspecified atom stereocenters. The van der Waals surface area contributed by atoms with Gasteiger partial charge in [0.05, 0.1) is 29.7 Å². The SMILES string of the molecule is CCCC(OCC)C(NC)c1cnnn1-c1ccccc1. The van der Waals surface area contributed by atoms with E-state index in [2.05, 4.69) is 22.6 Å². The van der Waals surface area contributed by atoms with Crippen LogP contribution in [0.3, 0.4) is 0 Å². The number of hydrogen-bond acceptors (Lipinski definition) is 4. The first-order valence-electron chi connectivity index (χ1n) is 7.56. The third-order valence-electron chi connectivity index (χ3n) is 3.53. The molecule has 0 amide bonds. The molecule has 0 bridgehead atoms. The van der Waals surface area contributed by atoms with Crippen LogP contribution in [0.5, 0.6) is 0 Å². The van der Waals surface area contributed by atoms with E-state index >= 15 is 0 Å². The summed E-state index contributed by atoms with van der Waals surface area (Å²) in [6, 6.07) is 10.1. The van der Waals surface area contributed by atoms with Gasteiger partial charge in [0.25, 0.3) is 0 Å². The van der Waals surface area contributed by atoms with Crippen molar-refractivity contribution >= 4 is 0 Å². The minimum absolute atomic E-state index is 0.0695. The van der Waals surface area contributed by atoms with Gasteiger partial charge in [-0.25, -0.2) is 4.68 Å². The second-order valence-electron chi connectivity index (χ2n) is 4.96. The van der Waals surface area contributed by atoms with Crippen LogP contribution < -0.4 is 5.32 Å². The van der Waals surface area contributed by atoms with Gasteiger partial charge in [-0.3, -0.25) is 0 Å². The van der Waals surface area contributed by atoms with Gasteiger partial charge in [-0.1, -0.05) is 36.8 Å². The summed E-state index contributed by atoms with van der Waals surface area (Å²) < 4.78 is 7.80. The van der Waals surface area contributed by atoms with Crippen LogP contribution in [0.15, 0.2) is 36.5 Å². The molecule has 0 aliphatic rings. The summed E-state index contributed by atoms with van der Waals surface area (Å²) in [4.78, 5) is 0. The minimum atomic E-state index is 0.0695. The molecule has 0 saturated carbocycles. The lowest BCUT2D eigenvalue weighted by atomic mass is 10.0. The van der Waals surface area contributed by atoms with E-state index in [0.717, 1.165) is 24.2 Å². The Bertz CT molecular complexity index is 520. The largest absolute Gasteiger partial charge is 0.376 e. The van der Waals surface area contributed by atoms with Crippen molar-refractivity contribution in [3.05, 3.63) is 42.2 Å². The number of para-hydroxylation sites is 1. The molecule has 5 nitrogen and oxygen atoms in total. The predicted molar refractivity (Wildman–Crippen MR) is 83.5 cm³/mol. The highest BCUT2D eigenvalue weighted by molar-refractivity contribution is 5.32. The van der Waals surface area contributed by atoms with E-state index in [1.54, 1.807) is 0 Å². The van der Waals surface area contributed by atoms with Crippen molar-refractivity contribution in [1.82, 2.24) is 20.3 Å². The van der Waals surface area contributed by atoms with Crippen LogP contribution in [-0.2, 0) is 4.74 Å². The van der Waals surface area contributed by atoms with Crippen molar-refractivity contribution < 1.29 is 4.74 Å². The zero-order valence-electron chi connectivity index (χ0n) is 13.0. The van der Waals surface area contributed by atoms with E-state index in [1.165, 1.54) is 0 Å². The molecule has 2 aromatic rings. The molecule has 0 spiro atoms. The molecular formula is C16H24N4O. The van der Waals surface area contributed by atoms with Gasteiger partial charge in [0.1, 0.15) is 0 Å². The van der Waals surface area contributed by atoms with Gasteiger partial charge >= 0.3 is 0 Å². The molecule has 2 rings (SSSR count). The number of likely N-dealkylation sites (N-methyl/N-ethyl adjacent to an activating group) is 1. The highest BCUT2D eigenvalue weighted by Gasteiger charge is 2.25. The first-order valence-corrected chi connectivity index (χ1v) is 7.56. The monoisotopic (exact) mass is 288 g/mol. The van der Waals surface area contributed by atoms with Gasteiger partial charge in [-0.2, -0.15) is 0 Å². The van der Waals surface area contributed by atoms with Crippen LogP contribution in [0.25, 0.3) is 5.69 Å². The molecule has 5 heteroatoms. The lowest BCUT2D eigenvalue weighted by Crippen LogP contribution is -2.33. The van der Waals surface area contributed by atoms with Gasteiger partial charge in [0, 0.05) is 6.61 Å². The number of nitrogens with one attached hydrogen (secondary N) is 1. The Labute approximate surface area is 126 Å². The van der Waals surface area contributed by atoms with Gasteiger partial charge in [-0.05, 0) is 32.5 Å². The standard InChI is InChI=1S/C16H24N4O/c1-4-9-15(21-5-2)16(17-3)14-12-18-19-20(14)13-10-7-6-8-11-13/h6-8,10-12,15-17H,4-5,9H2,1-3H3. The van der Waals surface area contributed by atoms with Crippen molar-refractivity contribution in [3.63, 3.8) is 0 Å². The Morgan fingerprint density at radius 3 is 2.62 bits per heavy atom. The Morgan fingerprint density at radius 2 is 2.00 bits per heavy atom. The summed E-state index contributed by atoms with van der Waals surface area (Å²) in [5.74, 6) is 0. The Hall–Kier alpha value is -1.72. The average Bonchev–Trinajstić information content (AvgIpc) is 2.99. The zero-order valence-corrected chi connectivity index (χ0v) is 13.0. The Morgan fingerprint density at radius 1 is 1.24 bits per heavy atom. The lowest BCUT2D eigenvalue weighted by molar-refractivity contribution is 0.0279. The summed E-state index contributed by atoms with van der Waals surface area (Å²) in [6.07, 6.45) is 4.01. The van der Waals surface area contributed by atoms with Crippen LogP contribution in [-0.4, -0.2) is 34.8 Å². The molecule has 114 valence electrons. The fourth-order valence-electron chi connectivity index (χ4n) is 2.59. The van der Waals surface area contributed by atoms with E-state index < -0.39 is 0 Å². The third kappa shape index (κ3) is 3.68. The second-order valence-corrected chi connectivity index (χ2v) is 4.96. The highest BCUT2D eigenvalue weighted by Crippen LogP contribution is 2.23. The third-order valence-corrected chi connectivity index (χ3v) is 3.53. The molecule has 0 saturated heterocycles. The molecule has 1 aromatic carbocycles. The van der Waals surface area contributed by atoms with Crippen LogP contribution >= 0.6 is 0 Å². The second kappa shape index (κ2) is 7.90. The maximum atomic E-state index is 5.92. The molecule has 0 fully saturated rings. The maximum absolute atomic E-state index is 5.92. The van der Waals surface area contributed by atoms with E-state index in [0.29, 0.717) is 6.61 Å². The maximum Gasteiger partial charge on any atom is 0.0841 e. The average molecular weight is 288 g/mol. The quantitative estimate of drug-likeness (QED) is 0.811. The van der Waals surface area contributed by atoms with Crippen molar-refractivity contribution in [2.24, 2.45) is 0 Å². The zero-order chi connectivity index (χ0) is 15.1. The van der Waals surface area contributed by atoms with Gasteiger partial charge in [-0.15, -0.1) is 5.10 Å². The number of rotatable bonds is 8. The molecular weight excluding hydrogens is 264 g/mol. The van der Waals surface area contributed by atoms with Crippen molar-refractivity contribution in [3.8, 4) is 5.69 Å². The molecule has 1 heterocycles. The molecule has 1 aromatic heterocycles. The smallest absolute Gasteiger partial charge is 0.0841 e. The summed E-state index contributed by atoms with van der Waals surface area (Å²) >= 11 is 0. The van der Waals surface area contributed by atoms with E-state index in [-0.39, 0.29) is 12.1 Å². The fourth-order valence-corrected chi connectivity index (χ4v) is 2.59. The number of ether oxygens (including phenoxy) is 1. The molecule has 0 aliphatic heterocycles. The van der Waals surface area contributed by atoms with Crippen LogP contribution in [0.1, 0.15) is 38.4 Å². The van der Waals surface area contributed by atoms with Crippen molar-refractivity contribution in [2.75, 3.05) is 13.7 Å². The topological polar surface area (TPSA) is 52.0 Å². The van der Waals surface area contributed by atoms with Crippen LogP contribution in [0, 0.1) is 0 Å². The molecule has 2 atom stereocenters. The molecule has 21 heavy (non-hydrogen) atoms. The minimum Gasteiger partial charge on any atom is -0.376 e. The number of benzene rings is 1. The van der Waals surface area contributed by atoms with Gasteiger partial charge in [0.2, 0.25) is 0 Å².